The molecule has 0 aliphatic carbocycles. The van der Waals surface area contributed by atoms with Crippen molar-refractivity contribution in [3.05, 3.63) is 29.8 Å². The van der Waals surface area contributed by atoms with Gasteiger partial charge in [0, 0.05) is 25.2 Å². The number of nitrogens with zero attached hydrogens (tertiary/aromatic N) is 2. The van der Waals surface area contributed by atoms with E-state index in [0.717, 1.165) is 0 Å². The Morgan fingerprint density at radius 2 is 2.06 bits per heavy atom. The number of hydrogen-bond acceptors (Lipinski definition) is 4. The zero-order chi connectivity index (χ0) is 12.6. The fourth-order valence-electron chi connectivity index (χ4n) is 1.71. The van der Waals surface area contributed by atoms with Crippen LogP contribution in [0.2, 0.25) is 0 Å². The first kappa shape index (κ1) is 12.1. The number of nitrogens with two attached hydrogens (primary N) is 1. The lowest BCUT2D eigenvalue weighted by Gasteiger charge is -2.25. The van der Waals surface area contributed by atoms with Crippen LogP contribution in [0.4, 0.5) is 0 Å². The van der Waals surface area contributed by atoms with Gasteiger partial charge in [0.2, 0.25) is 0 Å². The van der Waals surface area contributed by atoms with E-state index in [1.54, 1.807) is 36.2 Å². The Morgan fingerprint density at radius 3 is 2.71 bits per heavy atom. The highest BCUT2D eigenvalue weighted by Crippen LogP contribution is 2.27. The molecule has 92 valence electrons. The van der Waals surface area contributed by atoms with E-state index in [-0.39, 0.29) is 10.9 Å². The summed E-state index contributed by atoms with van der Waals surface area (Å²) >= 11 is 0. The van der Waals surface area contributed by atoms with Crippen LogP contribution < -0.4 is 5.73 Å². The molecule has 0 radical (unpaired) electrons. The second-order valence-corrected chi connectivity index (χ2v) is 5.65. The highest BCUT2D eigenvalue weighted by atomic mass is 32.2. The smallest absolute Gasteiger partial charge is 0.285 e. The molecular weight excluding hydrogens is 238 g/mol. The average Bonchev–Trinajstić information content (AvgIpc) is 2.60. The molecule has 1 unspecified atom stereocenters. The Balaban J connectivity index is 2.52. The van der Waals surface area contributed by atoms with Crippen LogP contribution in [-0.2, 0) is 10.0 Å². The minimum atomic E-state index is -3.54. The molecule has 0 saturated carbocycles. The summed E-state index contributed by atoms with van der Waals surface area (Å²) in [6.45, 7) is 2.37. The second kappa shape index (κ2) is 4.12. The van der Waals surface area contributed by atoms with Gasteiger partial charge < -0.3 is 10.6 Å². The van der Waals surface area contributed by atoms with Gasteiger partial charge in [-0.05, 0) is 19.1 Å². The van der Waals surface area contributed by atoms with Crippen molar-refractivity contribution in [1.82, 2.24) is 4.90 Å². The monoisotopic (exact) mass is 253 g/mol. The highest BCUT2D eigenvalue weighted by Gasteiger charge is 2.31. The maximum atomic E-state index is 11.8. The molecule has 0 amide bonds. The summed E-state index contributed by atoms with van der Waals surface area (Å²) in [6.07, 6.45) is 0. The Morgan fingerprint density at radius 1 is 1.41 bits per heavy atom. The van der Waals surface area contributed by atoms with Crippen LogP contribution >= 0.6 is 0 Å². The first-order valence-electron chi connectivity index (χ1n) is 5.34. The van der Waals surface area contributed by atoms with Crippen molar-refractivity contribution in [2.75, 3.05) is 13.6 Å². The predicted molar refractivity (Wildman–Crippen MR) is 66.4 cm³/mol. The largest absolute Gasteiger partial charge is 0.354 e. The molecule has 0 aromatic heterocycles. The third-order valence-corrected chi connectivity index (χ3v) is 4.27. The summed E-state index contributed by atoms with van der Waals surface area (Å²) in [7, 11) is -1.74. The van der Waals surface area contributed by atoms with Gasteiger partial charge in [-0.3, -0.25) is 0 Å². The molecule has 0 saturated heterocycles. The van der Waals surface area contributed by atoms with E-state index in [1.807, 2.05) is 6.92 Å². The lowest BCUT2D eigenvalue weighted by Crippen LogP contribution is -2.39. The number of likely N-dealkylation sites (N-methyl/N-ethyl adjacent to an activating group) is 1. The van der Waals surface area contributed by atoms with Crippen molar-refractivity contribution in [3.8, 4) is 0 Å². The first-order chi connectivity index (χ1) is 7.97. The van der Waals surface area contributed by atoms with E-state index in [9.17, 15) is 8.42 Å². The van der Waals surface area contributed by atoms with Crippen molar-refractivity contribution in [3.63, 3.8) is 0 Å². The molecule has 6 heteroatoms. The van der Waals surface area contributed by atoms with E-state index in [0.29, 0.717) is 17.9 Å². The first-order valence-corrected chi connectivity index (χ1v) is 6.78. The Hall–Kier alpha value is -1.40. The summed E-state index contributed by atoms with van der Waals surface area (Å²) in [4.78, 5) is 2.06. The van der Waals surface area contributed by atoms with Gasteiger partial charge in [0.25, 0.3) is 10.0 Å². The minimum Gasteiger partial charge on any atom is -0.354 e. The summed E-state index contributed by atoms with van der Waals surface area (Å²) < 4.78 is 27.5. The van der Waals surface area contributed by atoms with Gasteiger partial charge in [0.05, 0.1) is 0 Å². The van der Waals surface area contributed by atoms with Gasteiger partial charge in [0.1, 0.15) is 4.90 Å². The Labute approximate surface area is 101 Å². The minimum absolute atomic E-state index is 0.0371. The molecule has 1 aliphatic rings. The lowest BCUT2D eigenvalue weighted by molar-refractivity contribution is 0.399. The van der Waals surface area contributed by atoms with Crippen LogP contribution in [0, 0.1) is 0 Å². The zero-order valence-corrected chi connectivity index (χ0v) is 10.6. The van der Waals surface area contributed by atoms with Gasteiger partial charge in [-0.15, -0.1) is 4.40 Å². The highest BCUT2D eigenvalue weighted by molar-refractivity contribution is 7.90. The number of amidine groups is 1. The maximum absolute atomic E-state index is 11.8. The van der Waals surface area contributed by atoms with Crippen molar-refractivity contribution >= 4 is 15.9 Å². The SMILES string of the molecule is CC(CN)N(C)C1=NS(=O)(=O)c2ccccc21. The van der Waals surface area contributed by atoms with E-state index in [4.69, 9.17) is 5.73 Å². The summed E-state index contributed by atoms with van der Waals surface area (Å²) in [6, 6.07) is 6.87. The second-order valence-electron chi connectivity index (χ2n) is 4.08. The van der Waals surface area contributed by atoms with Crippen molar-refractivity contribution in [1.29, 1.82) is 0 Å². The number of sulfonamides is 1. The van der Waals surface area contributed by atoms with Crippen molar-refractivity contribution < 1.29 is 8.42 Å². The zero-order valence-electron chi connectivity index (χ0n) is 9.79. The molecule has 1 heterocycles. The molecule has 1 aromatic rings. The molecule has 2 N–H and O–H groups in total. The molecule has 1 aromatic carbocycles. The quantitative estimate of drug-likeness (QED) is 0.828. The van der Waals surface area contributed by atoms with E-state index < -0.39 is 10.0 Å². The molecule has 0 spiro atoms. The fraction of sp³-hybridized carbons (Fsp3) is 0.364. The molecule has 17 heavy (non-hydrogen) atoms. The Bertz CT molecular complexity index is 566. The molecule has 5 nitrogen and oxygen atoms in total. The molecule has 0 bridgehead atoms. The summed E-state index contributed by atoms with van der Waals surface area (Å²) in [5.74, 6) is 0.471. The van der Waals surface area contributed by atoms with Crippen molar-refractivity contribution in [2.24, 2.45) is 10.1 Å². The Kier molecular flexibility index (Phi) is 2.92. The van der Waals surface area contributed by atoms with Gasteiger partial charge in [-0.2, -0.15) is 8.42 Å². The molecule has 1 atom stereocenters. The van der Waals surface area contributed by atoms with Crippen LogP contribution in [0.1, 0.15) is 12.5 Å². The molecule has 1 aliphatic heterocycles. The summed E-state index contributed by atoms with van der Waals surface area (Å²) in [5, 5.41) is 0. The van der Waals surface area contributed by atoms with Gasteiger partial charge in [-0.1, -0.05) is 12.1 Å². The van der Waals surface area contributed by atoms with Crippen LogP contribution in [0.3, 0.4) is 0 Å². The number of hydrogen-bond donors (Lipinski definition) is 1. The van der Waals surface area contributed by atoms with Crippen LogP contribution in [0.5, 0.6) is 0 Å². The third-order valence-electron chi connectivity index (χ3n) is 2.95. The van der Waals surface area contributed by atoms with Crippen LogP contribution in [0.25, 0.3) is 0 Å². The van der Waals surface area contributed by atoms with Gasteiger partial charge >= 0.3 is 0 Å². The fourth-order valence-corrected chi connectivity index (χ4v) is 2.95. The topological polar surface area (TPSA) is 75.8 Å². The number of benzene rings is 1. The normalized spacial score (nSPS) is 18.4. The third kappa shape index (κ3) is 1.94. The predicted octanol–water partition coefficient (Wildman–Crippen LogP) is 0.415. The number of rotatable bonds is 2. The molecule has 0 fully saturated rings. The number of fused-ring (bicyclic) bond motifs is 1. The summed E-state index contributed by atoms with van der Waals surface area (Å²) in [5.41, 5.74) is 6.23. The maximum Gasteiger partial charge on any atom is 0.285 e. The standard InChI is InChI=1S/C11H15N3O2S/c1-8(7-12)14(2)11-9-5-3-4-6-10(9)17(15,16)13-11/h3-6,8H,7,12H2,1-2H3. The molecular formula is C11H15N3O2S. The van der Waals surface area contributed by atoms with Crippen molar-refractivity contribution in [2.45, 2.75) is 17.9 Å². The van der Waals surface area contributed by atoms with E-state index in [1.165, 1.54) is 0 Å². The van der Waals surface area contributed by atoms with Gasteiger partial charge in [-0.25, -0.2) is 0 Å². The molecule has 2 rings (SSSR count). The van der Waals surface area contributed by atoms with Gasteiger partial charge in [0.15, 0.2) is 5.84 Å². The van der Waals surface area contributed by atoms with E-state index in [2.05, 4.69) is 4.40 Å². The van der Waals surface area contributed by atoms with Crippen LogP contribution in [0.15, 0.2) is 33.6 Å². The lowest BCUT2D eigenvalue weighted by atomic mass is 10.1. The van der Waals surface area contributed by atoms with E-state index >= 15 is 0 Å². The average molecular weight is 253 g/mol. The van der Waals surface area contributed by atoms with Crippen LogP contribution in [-0.4, -0.2) is 38.8 Å².